The van der Waals surface area contributed by atoms with Crippen molar-refractivity contribution in [2.75, 3.05) is 0 Å². The zero-order valence-corrected chi connectivity index (χ0v) is 36.4. The minimum absolute atomic E-state index is 0. The van der Waals surface area contributed by atoms with Gasteiger partial charge in [0.05, 0.1) is 22.1 Å². The van der Waals surface area contributed by atoms with Crippen molar-refractivity contribution >= 4 is 43.6 Å². The molecule has 0 aliphatic heterocycles. The van der Waals surface area contributed by atoms with Crippen molar-refractivity contribution < 1.29 is 38.6 Å². The number of nitrogens with zero attached hydrogens (tertiary/aromatic N) is 6. The van der Waals surface area contributed by atoms with Crippen LogP contribution in [0.4, 0.5) is 17.6 Å². The molecule has 0 N–H and O–H groups in total. The van der Waals surface area contributed by atoms with Gasteiger partial charge in [-0.2, -0.15) is 0 Å². The number of pyridine rings is 4. The van der Waals surface area contributed by atoms with E-state index in [1.165, 1.54) is 55.0 Å². The number of benzene rings is 5. The molecule has 6 aromatic heterocycles. The molecule has 0 unspecified atom stereocenters. The van der Waals surface area contributed by atoms with Crippen LogP contribution in [0.15, 0.2) is 170 Å². The minimum Gasteiger partial charge on any atom is -0.309 e. The Morgan fingerprint density at radius 2 is 0.766 bits per heavy atom. The number of hydrogen-bond acceptors (Lipinski definition) is 4. The van der Waals surface area contributed by atoms with E-state index >= 15 is 0 Å². The molecule has 0 saturated heterocycles. The summed E-state index contributed by atoms with van der Waals surface area (Å²) in [6, 6.07) is 60.4. The molecule has 0 aliphatic rings. The smallest absolute Gasteiger partial charge is 0.309 e. The van der Waals surface area contributed by atoms with E-state index in [2.05, 4.69) is 163 Å². The molecule has 0 bridgehead atoms. The third-order valence-corrected chi connectivity index (χ3v) is 11.3. The average molecular weight is 1030 g/mol. The number of fused-ring (bicyclic) bond motifs is 6. The predicted molar refractivity (Wildman–Crippen MR) is 240 cm³/mol. The van der Waals surface area contributed by atoms with Crippen LogP contribution in [-0.4, -0.2) is 29.1 Å². The van der Waals surface area contributed by atoms with Crippen LogP contribution in [0.25, 0.3) is 77.5 Å². The van der Waals surface area contributed by atoms with Crippen molar-refractivity contribution in [3.05, 3.63) is 217 Å². The van der Waals surface area contributed by atoms with Gasteiger partial charge >= 0.3 is 21.1 Å². The van der Waals surface area contributed by atoms with Gasteiger partial charge in [0.15, 0.2) is 0 Å². The maximum absolute atomic E-state index is 14.1. The van der Waals surface area contributed by atoms with E-state index in [9.17, 15) is 17.6 Å². The Balaban J connectivity index is 0.000000160. The van der Waals surface area contributed by atoms with Gasteiger partial charge in [-0.05, 0) is 79.8 Å². The summed E-state index contributed by atoms with van der Waals surface area (Å²) >= 11 is 0. The Kier molecular flexibility index (Phi) is 11.2. The summed E-state index contributed by atoms with van der Waals surface area (Å²) in [6.07, 6.45) is 0. The van der Waals surface area contributed by atoms with Gasteiger partial charge < -0.3 is 19.1 Å². The zero-order valence-electron chi connectivity index (χ0n) is 34.2. The van der Waals surface area contributed by atoms with Crippen molar-refractivity contribution in [1.29, 1.82) is 0 Å². The Hall–Kier alpha value is -7.29. The van der Waals surface area contributed by atoms with Gasteiger partial charge in [-0.25, -0.2) is 17.6 Å². The van der Waals surface area contributed by atoms with E-state index in [4.69, 9.17) is 0 Å². The van der Waals surface area contributed by atoms with Crippen LogP contribution in [0.5, 0.6) is 0 Å². The second-order valence-corrected chi connectivity index (χ2v) is 15.5. The fourth-order valence-corrected chi connectivity index (χ4v) is 8.25. The van der Waals surface area contributed by atoms with E-state index < -0.39 is 29.2 Å². The summed E-state index contributed by atoms with van der Waals surface area (Å²) in [5.74, 6) is -3.98. The molecular formula is C53H34F4N6Pt. The molecular weight excluding hydrogens is 992 g/mol. The maximum Gasteiger partial charge on any atom is 2.00 e. The summed E-state index contributed by atoms with van der Waals surface area (Å²) < 4.78 is 59.2. The molecule has 0 radical (unpaired) electrons. The molecule has 0 atom stereocenters. The molecule has 0 fully saturated rings. The third kappa shape index (κ3) is 7.54. The monoisotopic (exact) mass is 1030 g/mol. The molecule has 11 aromatic rings. The Morgan fingerprint density at radius 1 is 0.422 bits per heavy atom. The third-order valence-electron chi connectivity index (χ3n) is 11.3. The zero-order chi connectivity index (χ0) is 43.2. The molecule has 0 saturated carbocycles. The second-order valence-electron chi connectivity index (χ2n) is 15.5. The molecule has 0 spiro atoms. The quantitative estimate of drug-likeness (QED) is 0.0946. The van der Waals surface area contributed by atoms with Crippen molar-refractivity contribution in [3.63, 3.8) is 0 Å². The minimum atomic E-state index is -1.02. The van der Waals surface area contributed by atoms with Gasteiger partial charge in [0.1, 0.15) is 23.8 Å². The standard InChI is InChI=1S/C30H20N2.C23H14F4N4.Pt/c1-5-16-27-23(12-1)24-13-2-6-17-28(24)31(27)21-10-9-11-22(20-21)32-29-18-7-3-14-25(29)26-15-4-8-19-30(26)32;1-23(2,17-7-3-5-15(28-17)13-9-11-19(24)30-21(13)26)18-8-4-6-16(29-18)14-10-12-20(25)31-22(14)27;/h1-20H;3-8,11-12H,1-2H3;/q;-2;+2. The van der Waals surface area contributed by atoms with Crippen molar-refractivity contribution in [2.24, 2.45) is 0 Å². The average Bonchev–Trinajstić information content (AvgIpc) is 3.83. The maximum atomic E-state index is 14.1. The summed E-state index contributed by atoms with van der Waals surface area (Å²) in [5, 5.41) is 5.13. The summed E-state index contributed by atoms with van der Waals surface area (Å²) in [7, 11) is 0. The summed E-state index contributed by atoms with van der Waals surface area (Å²) in [5.41, 5.74) is 7.89. The van der Waals surface area contributed by atoms with Crippen LogP contribution in [0, 0.1) is 35.9 Å². The van der Waals surface area contributed by atoms with Crippen LogP contribution < -0.4 is 0 Å². The topological polar surface area (TPSA) is 61.4 Å². The predicted octanol–water partition coefficient (Wildman–Crippen LogP) is 13.0. The summed E-state index contributed by atoms with van der Waals surface area (Å²) in [4.78, 5) is 15.3. The van der Waals surface area contributed by atoms with Crippen LogP contribution in [-0.2, 0) is 26.5 Å². The van der Waals surface area contributed by atoms with Gasteiger partial charge in [-0.15, -0.1) is 12.1 Å². The van der Waals surface area contributed by atoms with Crippen LogP contribution >= 0.6 is 0 Å². The Labute approximate surface area is 379 Å². The fraction of sp³-hybridized carbons (Fsp3) is 0.0566. The SMILES string of the molecule is CC(C)(c1cccc(-c2[c-]cc(F)nc2F)n1)c1cccc(-c2[c-]cc(F)nc2F)n1.[Pt+2].c1cc(-n2c3ccccc3c3ccccc32)cc(-n2c3ccccc3c3ccccc32)c1. The molecule has 314 valence electrons. The molecule has 0 aliphatic carbocycles. The van der Waals surface area contributed by atoms with Crippen LogP contribution in [0.2, 0.25) is 0 Å². The molecule has 6 heterocycles. The number of hydrogen-bond donors (Lipinski definition) is 0. The first-order valence-corrected chi connectivity index (χ1v) is 20.2. The van der Waals surface area contributed by atoms with E-state index in [0.29, 0.717) is 11.4 Å². The fourth-order valence-electron chi connectivity index (χ4n) is 8.25. The van der Waals surface area contributed by atoms with Crippen molar-refractivity contribution in [1.82, 2.24) is 29.1 Å². The largest absolute Gasteiger partial charge is 2.00 e. The van der Waals surface area contributed by atoms with Gasteiger partial charge in [0, 0.05) is 49.7 Å². The van der Waals surface area contributed by atoms with E-state index in [1.54, 1.807) is 36.4 Å². The normalized spacial score (nSPS) is 11.5. The van der Waals surface area contributed by atoms with Crippen molar-refractivity contribution in [2.45, 2.75) is 19.3 Å². The van der Waals surface area contributed by atoms with Crippen LogP contribution in [0.1, 0.15) is 25.2 Å². The van der Waals surface area contributed by atoms with Gasteiger partial charge in [-0.3, -0.25) is 9.97 Å². The number of rotatable bonds is 6. The van der Waals surface area contributed by atoms with Gasteiger partial charge in [0.25, 0.3) is 0 Å². The first kappa shape index (κ1) is 42.0. The van der Waals surface area contributed by atoms with E-state index in [-0.39, 0.29) is 43.6 Å². The molecule has 64 heavy (non-hydrogen) atoms. The number of para-hydroxylation sites is 4. The molecule has 6 nitrogen and oxygen atoms in total. The molecule has 11 rings (SSSR count). The first-order valence-electron chi connectivity index (χ1n) is 20.2. The van der Waals surface area contributed by atoms with Gasteiger partial charge in [-0.1, -0.05) is 126 Å². The van der Waals surface area contributed by atoms with Gasteiger partial charge in [0.2, 0.25) is 0 Å². The Morgan fingerprint density at radius 3 is 1.12 bits per heavy atom. The molecule has 11 heteroatoms. The van der Waals surface area contributed by atoms with Crippen molar-refractivity contribution in [3.8, 4) is 33.9 Å². The molecule has 5 aromatic carbocycles. The van der Waals surface area contributed by atoms with Crippen LogP contribution in [0.3, 0.4) is 0 Å². The Bertz CT molecular complexity index is 3190. The van der Waals surface area contributed by atoms with E-state index in [1.807, 2.05) is 13.8 Å². The number of aromatic nitrogens is 6. The summed E-state index contributed by atoms with van der Waals surface area (Å²) in [6.45, 7) is 3.69. The first-order chi connectivity index (χ1) is 30.7. The molecule has 0 amide bonds. The van der Waals surface area contributed by atoms with E-state index in [0.717, 1.165) is 12.1 Å². The second kappa shape index (κ2) is 17.1. The number of halogens is 4.